The molecule has 0 aliphatic heterocycles. The van der Waals surface area contributed by atoms with E-state index in [1.807, 2.05) is 6.92 Å². The minimum atomic E-state index is -0.684. The molecule has 1 unspecified atom stereocenters. The normalized spacial score (nSPS) is 12.7. The molecule has 1 atom stereocenters. The lowest BCUT2D eigenvalue weighted by Crippen LogP contribution is -2.06. The van der Waals surface area contributed by atoms with Crippen LogP contribution >= 0.6 is 11.8 Å². The van der Waals surface area contributed by atoms with Gasteiger partial charge in [-0.2, -0.15) is 11.8 Å². The van der Waals surface area contributed by atoms with Crippen LogP contribution in [0.5, 0.6) is 0 Å². The molecular formula is C11H22O2S. The molecule has 84 valence electrons. The van der Waals surface area contributed by atoms with Crippen molar-refractivity contribution in [2.75, 3.05) is 5.75 Å². The minimum absolute atomic E-state index is 0.263. The lowest BCUT2D eigenvalue weighted by atomic mass is 10.2. The number of thioether (sulfide) groups is 1. The summed E-state index contributed by atoms with van der Waals surface area (Å²) >= 11 is 1.78. The lowest BCUT2D eigenvalue weighted by Gasteiger charge is -2.07. The summed E-state index contributed by atoms with van der Waals surface area (Å²) in [5.74, 6) is 0.425. The fourth-order valence-corrected chi connectivity index (χ4v) is 2.33. The first-order valence-corrected chi connectivity index (χ1v) is 6.55. The second-order valence-electron chi connectivity index (χ2n) is 3.69. The second-order valence-corrected chi connectivity index (χ2v) is 5.24. The molecule has 0 bridgehead atoms. The number of hydrogen-bond donors (Lipinski definition) is 1. The molecule has 2 nitrogen and oxygen atoms in total. The van der Waals surface area contributed by atoms with Crippen molar-refractivity contribution in [1.82, 2.24) is 0 Å². The maximum absolute atomic E-state index is 10.4. The van der Waals surface area contributed by atoms with Crippen LogP contribution in [0.25, 0.3) is 0 Å². The highest BCUT2D eigenvalue weighted by molar-refractivity contribution is 7.99. The van der Waals surface area contributed by atoms with E-state index in [-0.39, 0.29) is 5.25 Å². The molecule has 14 heavy (non-hydrogen) atoms. The standard InChI is InChI=1S/C11H22O2S/c1-3-4-5-6-7-8-14-10(2)9-11(12)13/h10H,3-9H2,1-2H3,(H,12,13). The first kappa shape index (κ1) is 13.8. The fourth-order valence-electron chi connectivity index (χ4n) is 1.29. The van der Waals surface area contributed by atoms with Gasteiger partial charge in [-0.1, -0.05) is 39.5 Å². The molecular weight excluding hydrogens is 196 g/mol. The summed E-state index contributed by atoms with van der Waals surface area (Å²) in [6.45, 7) is 4.20. The maximum Gasteiger partial charge on any atom is 0.304 e. The Kier molecular flexibility index (Phi) is 9.26. The third kappa shape index (κ3) is 9.90. The van der Waals surface area contributed by atoms with Gasteiger partial charge < -0.3 is 5.11 Å². The molecule has 0 radical (unpaired) electrons. The van der Waals surface area contributed by atoms with E-state index in [2.05, 4.69) is 6.92 Å². The summed E-state index contributed by atoms with van der Waals surface area (Å²) in [6, 6.07) is 0. The SMILES string of the molecule is CCCCCCCSC(C)CC(=O)O. The number of carbonyl (C=O) groups is 1. The lowest BCUT2D eigenvalue weighted by molar-refractivity contribution is -0.136. The molecule has 1 N–H and O–H groups in total. The summed E-state index contributed by atoms with van der Waals surface area (Å²) in [6.07, 6.45) is 6.75. The largest absolute Gasteiger partial charge is 0.481 e. The van der Waals surface area contributed by atoms with Crippen molar-refractivity contribution in [1.29, 1.82) is 0 Å². The minimum Gasteiger partial charge on any atom is -0.481 e. The van der Waals surface area contributed by atoms with E-state index in [0.29, 0.717) is 6.42 Å². The fraction of sp³-hybridized carbons (Fsp3) is 0.909. The van der Waals surface area contributed by atoms with Crippen molar-refractivity contribution in [2.24, 2.45) is 0 Å². The van der Waals surface area contributed by atoms with Crippen molar-refractivity contribution in [3.63, 3.8) is 0 Å². The van der Waals surface area contributed by atoms with Crippen molar-refractivity contribution >= 4 is 17.7 Å². The van der Waals surface area contributed by atoms with Crippen LogP contribution in [-0.4, -0.2) is 22.1 Å². The van der Waals surface area contributed by atoms with Gasteiger partial charge in [0.25, 0.3) is 0 Å². The van der Waals surface area contributed by atoms with Crippen molar-refractivity contribution < 1.29 is 9.90 Å². The van der Waals surface area contributed by atoms with Crippen molar-refractivity contribution in [3.8, 4) is 0 Å². The molecule has 0 saturated carbocycles. The second kappa shape index (κ2) is 9.38. The van der Waals surface area contributed by atoms with Gasteiger partial charge in [0.1, 0.15) is 0 Å². The number of carboxylic acid groups (broad SMARTS) is 1. The summed E-state index contributed by atoms with van der Waals surface area (Å²) in [7, 11) is 0. The van der Waals surface area contributed by atoms with E-state index >= 15 is 0 Å². The van der Waals surface area contributed by atoms with Gasteiger partial charge in [0.15, 0.2) is 0 Å². The monoisotopic (exact) mass is 218 g/mol. The molecule has 0 aliphatic carbocycles. The van der Waals surface area contributed by atoms with Crippen LogP contribution in [0.2, 0.25) is 0 Å². The van der Waals surface area contributed by atoms with Gasteiger partial charge in [0.2, 0.25) is 0 Å². The number of unbranched alkanes of at least 4 members (excludes halogenated alkanes) is 4. The highest BCUT2D eigenvalue weighted by Crippen LogP contribution is 2.16. The highest BCUT2D eigenvalue weighted by atomic mass is 32.2. The summed E-state index contributed by atoms with van der Waals surface area (Å²) in [5.41, 5.74) is 0. The zero-order valence-corrected chi connectivity index (χ0v) is 10.1. The number of aliphatic carboxylic acids is 1. The molecule has 0 amide bonds. The maximum atomic E-state index is 10.4. The van der Waals surface area contributed by atoms with Crippen molar-refractivity contribution in [3.05, 3.63) is 0 Å². The Hall–Kier alpha value is -0.180. The smallest absolute Gasteiger partial charge is 0.304 e. The van der Waals surface area contributed by atoms with Gasteiger partial charge in [-0.05, 0) is 12.2 Å². The number of carboxylic acids is 1. The molecule has 0 aromatic heterocycles. The average molecular weight is 218 g/mol. The summed E-state index contributed by atoms with van der Waals surface area (Å²) in [4.78, 5) is 10.4. The average Bonchev–Trinajstić information content (AvgIpc) is 2.10. The van der Waals surface area contributed by atoms with Gasteiger partial charge in [-0.25, -0.2) is 0 Å². The van der Waals surface area contributed by atoms with E-state index < -0.39 is 5.97 Å². The highest BCUT2D eigenvalue weighted by Gasteiger charge is 2.06. The third-order valence-electron chi connectivity index (χ3n) is 2.11. The quantitative estimate of drug-likeness (QED) is 0.601. The molecule has 0 spiro atoms. The van der Waals surface area contributed by atoms with E-state index in [1.165, 1.54) is 32.1 Å². The first-order valence-electron chi connectivity index (χ1n) is 5.50. The Morgan fingerprint density at radius 2 is 1.93 bits per heavy atom. The third-order valence-corrected chi connectivity index (χ3v) is 3.37. The number of rotatable bonds is 9. The molecule has 0 aliphatic rings. The van der Waals surface area contributed by atoms with Crippen LogP contribution < -0.4 is 0 Å². The zero-order chi connectivity index (χ0) is 10.8. The molecule has 0 fully saturated rings. The van der Waals surface area contributed by atoms with Gasteiger partial charge in [-0.3, -0.25) is 4.79 Å². The Bertz CT molecular complexity index is 148. The Balaban J connectivity index is 3.14. The Morgan fingerprint density at radius 1 is 1.29 bits per heavy atom. The molecule has 0 aromatic rings. The Morgan fingerprint density at radius 3 is 2.50 bits per heavy atom. The van der Waals surface area contributed by atoms with Crippen molar-refractivity contribution in [2.45, 2.75) is 57.6 Å². The van der Waals surface area contributed by atoms with Crippen LogP contribution in [-0.2, 0) is 4.79 Å². The van der Waals surface area contributed by atoms with Gasteiger partial charge in [0.05, 0.1) is 6.42 Å². The van der Waals surface area contributed by atoms with Crippen LogP contribution in [0.1, 0.15) is 52.4 Å². The predicted octanol–water partition coefficient (Wildman–Crippen LogP) is 3.55. The summed E-state index contributed by atoms with van der Waals surface area (Å²) < 4.78 is 0. The van der Waals surface area contributed by atoms with E-state index in [9.17, 15) is 4.79 Å². The van der Waals surface area contributed by atoms with E-state index in [4.69, 9.17) is 5.11 Å². The summed E-state index contributed by atoms with van der Waals surface area (Å²) in [5, 5.41) is 8.81. The molecule has 0 rings (SSSR count). The van der Waals surface area contributed by atoms with Gasteiger partial charge in [-0.15, -0.1) is 0 Å². The van der Waals surface area contributed by atoms with Gasteiger partial charge >= 0.3 is 5.97 Å². The van der Waals surface area contributed by atoms with Crippen LogP contribution in [0.3, 0.4) is 0 Å². The first-order chi connectivity index (χ1) is 6.66. The Labute approximate surface area is 91.5 Å². The van der Waals surface area contributed by atoms with E-state index in [1.54, 1.807) is 11.8 Å². The predicted molar refractivity (Wildman–Crippen MR) is 62.9 cm³/mol. The zero-order valence-electron chi connectivity index (χ0n) is 9.29. The molecule has 0 saturated heterocycles. The van der Waals surface area contributed by atoms with Crippen LogP contribution in [0.15, 0.2) is 0 Å². The topological polar surface area (TPSA) is 37.3 Å². The molecule has 0 heterocycles. The van der Waals surface area contributed by atoms with Crippen LogP contribution in [0, 0.1) is 0 Å². The van der Waals surface area contributed by atoms with Crippen LogP contribution in [0.4, 0.5) is 0 Å². The number of hydrogen-bond acceptors (Lipinski definition) is 2. The molecule has 0 aromatic carbocycles. The van der Waals surface area contributed by atoms with E-state index in [0.717, 1.165) is 5.75 Å². The van der Waals surface area contributed by atoms with Gasteiger partial charge in [0, 0.05) is 5.25 Å². The molecule has 3 heteroatoms.